The molecule has 0 unspecified atom stereocenters. The van der Waals surface area contributed by atoms with Crippen molar-refractivity contribution in [2.75, 3.05) is 5.73 Å². The first-order chi connectivity index (χ1) is 8.13. The summed E-state index contributed by atoms with van der Waals surface area (Å²) in [5, 5.41) is 4.67. The highest BCUT2D eigenvalue weighted by atomic mass is 15.3. The van der Waals surface area contributed by atoms with Crippen LogP contribution >= 0.6 is 0 Å². The van der Waals surface area contributed by atoms with Crippen LogP contribution in [0, 0.1) is 5.92 Å². The molecule has 1 aromatic rings. The molecule has 1 aliphatic rings. The summed E-state index contributed by atoms with van der Waals surface area (Å²) in [5.74, 6) is 2.42. The largest absolute Gasteiger partial charge is 0.384 e. The maximum absolute atomic E-state index is 6.12. The molecule has 2 rings (SSSR count). The Hall–Kier alpha value is -0.990. The van der Waals surface area contributed by atoms with Gasteiger partial charge in [-0.05, 0) is 25.2 Å². The quantitative estimate of drug-likeness (QED) is 0.874. The van der Waals surface area contributed by atoms with E-state index < -0.39 is 0 Å². The Morgan fingerprint density at radius 2 is 1.94 bits per heavy atom. The van der Waals surface area contributed by atoms with Crippen LogP contribution in [0.15, 0.2) is 0 Å². The van der Waals surface area contributed by atoms with Gasteiger partial charge in [-0.25, -0.2) is 0 Å². The van der Waals surface area contributed by atoms with Crippen LogP contribution in [-0.4, -0.2) is 9.78 Å². The van der Waals surface area contributed by atoms with Gasteiger partial charge in [-0.1, -0.05) is 33.1 Å². The van der Waals surface area contributed by atoms with Crippen LogP contribution < -0.4 is 5.73 Å². The Morgan fingerprint density at radius 1 is 1.29 bits per heavy atom. The topological polar surface area (TPSA) is 43.8 Å². The summed E-state index contributed by atoms with van der Waals surface area (Å²) >= 11 is 0. The molecule has 0 atom stereocenters. The van der Waals surface area contributed by atoms with Crippen molar-refractivity contribution in [3.63, 3.8) is 0 Å². The lowest BCUT2D eigenvalue weighted by Gasteiger charge is -2.25. The molecule has 3 nitrogen and oxygen atoms in total. The van der Waals surface area contributed by atoms with Crippen molar-refractivity contribution in [2.24, 2.45) is 13.0 Å². The molecule has 0 radical (unpaired) electrons. The minimum absolute atomic E-state index is 0.649. The molecule has 1 fully saturated rings. The molecule has 0 spiro atoms. The van der Waals surface area contributed by atoms with Crippen molar-refractivity contribution >= 4 is 5.82 Å². The van der Waals surface area contributed by atoms with Crippen molar-refractivity contribution in [1.82, 2.24) is 9.78 Å². The van der Waals surface area contributed by atoms with Crippen LogP contribution in [0.5, 0.6) is 0 Å². The second kappa shape index (κ2) is 5.11. The van der Waals surface area contributed by atoms with Crippen molar-refractivity contribution < 1.29 is 0 Å². The molecule has 3 heteroatoms. The first kappa shape index (κ1) is 12.5. The molecule has 0 bridgehead atoms. The van der Waals surface area contributed by atoms with Gasteiger partial charge >= 0.3 is 0 Å². The van der Waals surface area contributed by atoms with Gasteiger partial charge in [0.25, 0.3) is 0 Å². The zero-order valence-corrected chi connectivity index (χ0v) is 11.4. The fourth-order valence-electron chi connectivity index (χ4n) is 2.97. The fraction of sp³-hybridized carbons (Fsp3) is 0.786. The first-order valence-electron chi connectivity index (χ1n) is 6.94. The van der Waals surface area contributed by atoms with E-state index >= 15 is 0 Å². The second-order valence-corrected chi connectivity index (χ2v) is 5.58. The molecule has 2 N–H and O–H groups in total. The molecule has 17 heavy (non-hydrogen) atoms. The number of nitrogen functional groups attached to an aromatic ring is 1. The molecule has 0 aliphatic heterocycles. The van der Waals surface area contributed by atoms with E-state index in [2.05, 4.69) is 18.9 Å². The summed E-state index contributed by atoms with van der Waals surface area (Å²) in [6, 6.07) is 0. The van der Waals surface area contributed by atoms with Gasteiger partial charge in [0, 0.05) is 18.5 Å². The van der Waals surface area contributed by atoms with E-state index in [1.165, 1.54) is 36.9 Å². The van der Waals surface area contributed by atoms with Gasteiger partial charge in [0.1, 0.15) is 5.82 Å². The van der Waals surface area contributed by atoms with Gasteiger partial charge in [0.2, 0.25) is 0 Å². The van der Waals surface area contributed by atoms with Gasteiger partial charge in [-0.15, -0.1) is 0 Å². The molecule has 0 aromatic carbocycles. The van der Waals surface area contributed by atoms with E-state index in [9.17, 15) is 0 Å². The maximum atomic E-state index is 6.12. The Balaban J connectivity index is 2.22. The average molecular weight is 235 g/mol. The summed E-state index contributed by atoms with van der Waals surface area (Å²) in [7, 11) is 1.96. The summed E-state index contributed by atoms with van der Waals surface area (Å²) in [4.78, 5) is 0. The standard InChI is InChI=1S/C14H25N3/c1-4-5-12-13(16-17(3)14(12)15)11-8-6-10(2)7-9-11/h10-11H,4-9,15H2,1-3H3. The number of hydrogen-bond donors (Lipinski definition) is 1. The summed E-state index contributed by atoms with van der Waals surface area (Å²) in [5.41, 5.74) is 8.73. The summed E-state index contributed by atoms with van der Waals surface area (Å²) in [6.07, 6.45) is 7.47. The van der Waals surface area contributed by atoms with E-state index in [0.29, 0.717) is 5.92 Å². The van der Waals surface area contributed by atoms with Gasteiger partial charge in [-0.2, -0.15) is 5.10 Å². The number of hydrogen-bond acceptors (Lipinski definition) is 2. The number of anilines is 1. The molecule has 1 heterocycles. The number of aryl methyl sites for hydroxylation is 1. The SMILES string of the molecule is CCCc1c(C2CCC(C)CC2)nn(C)c1N. The van der Waals surface area contributed by atoms with Gasteiger partial charge in [0.15, 0.2) is 0 Å². The van der Waals surface area contributed by atoms with Crippen LogP contribution in [-0.2, 0) is 13.5 Å². The maximum Gasteiger partial charge on any atom is 0.124 e. The van der Waals surface area contributed by atoms with Crippen molar-refractivity contribution in [3.05, 3.63) is 11.3 Å². The molecule has 1 aromatic heterocycles. The lowest BCUT2D eigenvalue weighted by atomic mass is 9.80. The monoisotopic (exact) mass is 235 g/mol. The lowest BCUT2D eigenvalue weighted by molar-refractivity contribution is 0.342. The Bertz CT molecular complexity index is 373. The Labute approximate surface area is 104 Å². The molecular weight excluding hydrogens is 210 g/mol. The third-order valence-electron chi connectivity index (χ3n) is 4.13. The molecular formula is C14H25N3. The van der Waals surface area contributed by atoms with Crippen molar-refractivity contribution in [2.45, 2.75) is 58.3 Å². The predicted molar refractivity (Wildman–Crippen MR) is 72.0 cm³/mol. The molecule has 1 saturated carbocycles. The van der Waals surface area contributed by atoms with Crippen LogP contribution in [0.25, 0.3) is 0 Å². The van der Waals surface area contributed by atoms with E-state index in [0.717, 1.165) is 24.6 Å². The van der Waals surface area contributed by atoms with Crippen LogP contribution in [0.3, 0.4) is 0 Å². The number of nitrogens with zero attached hydrogens (tertiary/aromatic N) is 2. The van der Waals surface area contributed by atoms with E-state index in [4.69, 9.17) is 5.73 Å². The molecule has 1 aliphatic carbocycles. The highest BCUT2D eigenvalue weighted by Crippen LogP contribution is 2.37. The van der Waals surface area contributed by atoms with Gasteiger partial charge in [-0.3, -0.25) is 4.68 Å². The third kappa shape index (κ3) is 2.48. The number of aromatic nitrogens is 2. The van der Waals surface area contributed by atoms with Gasteiger partial charge < -0.3 is 5.73 Å². The summed E-state index contributed by atoms with van der Waals surface area (Å²) < 4.78 is 1.86. The highest BCUT2D eigenvalue weighted by Gasteiger charge is 2.25. The molecule has 96 valence electrons. The normalized spacial score (nSPS) is 25.1. The average Bonchev–Trinajstić information content (AvgIpc) is 2.59. The second-order valence-electron chi connectivity index (χ2n) is 5.58. The Morgan fingerprint density at radius 3 is 2.53 bits per heavy atom. The highest BCUT2D eigenvalue weighted by molar-refractivity contribution is 5.44. The number of rotatable bonds is 3. The van der Waals surface area contributed by atoms with Crippen LogP contribution in [0.2, 0.25) is 0 Å². The number of nitrogens with two attached hydrogens (primary N) is 1. The van der Waals surface area contributed by atoms with E-state index in [1.807, 2.05) is 11.7 Å². The smallest absolute Gasteiger partial charge is 0.124 e. The van der Waals surface area contributed by atoms with Crippen LogP contribution in [0.4, 0.5) is 5.82 Å². The minimum Gasteiger partial charge on any atom is -0.384 e. The van der Waals surface area contributed by atoms with E-state index in [1.54, 1.807) is 0 Å². The van der Waals surface area contributed by atoms with Crippen LogP contribution in [0.1, 0.15) is 63.1 Å². The van der Waals surface area contributed by atoms with Gasteiger partial charge in [0.05, 0.1) is 5.69 Å². The van der Waals surface area contributed by atoms with E-state index in [-0.39, 0.29) is 0 Å². The van der Waals surface area contributed by atoms with Crippen molar-refractivity contribution in [1.29, 1.82) is 0 Å². The molecule has 0 amide bonds. The fourth-order valence-corrected chi connectivity index (χ4v) is 2.97. The Kier molecular flexibility index (Phi) is 3.75. The zero-order valence-electron chi connectivity index (χ0n) is 11.4. The first-order valence-corrected chi connectivity index (χ1v) is 6.94. The minimum atomic E-state index is 0.649. The predicted octanol–water partition coefficient (Wildman–Crippen LogP) is 3.25. The third-order valence-corrected chi connectivity index (χ3v) is 4.13. The molecule has 0 saturated heterocycles. The zero-order chi connectivity index (χ0) is 12.4. The lowest BCUT2D eigenvalue weighted by Crippen LogP contribution is -2.12. The summed E-state index contributed by atoms with van der Waals surface area (Å²) in [6.45, 7) is 4.56. The van der Waals surface area contributed by atoms with Crippen molar-refractivity contribution in [3.8, 4) is 0 Å².